The number of nitrogens with zero attached hydrogens (tertiary/aromatic N) is 3. The van der Waals surface area contributed by atoms with E-state index in [4.69, 9.17) is 4.74 Å². The van der Waals surface area contributed by atoms with Crippen LogP contribution in [0.3, 0.4) is 0 Å². The summed E-state index contributed by atoms with van der Waals surface area (Å²) in [6.07, 6.45) is 1.45. The van der Waals surface area contributed by atoms with E-state index in [1.165, 1.54) is 0 Å². The van der Waals surface area contributed by atoms with Crippen molar-refractivity contribution >= 4 is 39.1 Å². The highest BCUT2D eigenvalue weighted by molar-refractivity contribution is 9.10. The van der Waals surface area contributed by atoms with Crippen molar-refractivity contribution in [2.24, 2.45) is 5.92 Å². The van der Waals surface area contributed by atoms with E-state index in [1.54, 1.807) is 12.0 Å². The van der Waals surface area contributed by atoms with Crippen LogP contribution in [0.25, 0.3) is 0 Å². The van der Waals surface area contributed by atoms with Crippen LogP contribution >= 0.6 is 15.9 Å². The molecule has 0 spiro atoms. The number of ether oxygens (including phenoxy) is 1. The summed E-state index contributed by atoms with van der Waals surface area (Å²) in [7, 11) is 1.66. The molecule has 2 aromatic carbocycles. The molecule has 7 heteroatoms. The smallest absolute Gasteiger partial charge is 0.239 e. The Morgan fingerprint density at radius 3 is 2.50 bits per heavy atom. The molecule has 0 bridgehead atoms. The summed E-state index contributed by atoms with van der Waals surface area (Å²) in [4.78, 5) is 32.1. The highest BCUT2D eigenvalue weighted by atomic mass is 79.9. The molecule has 30 heavy (non-hydrogen) atoms. The number of carbonyl (C=O) groups is 2. The van der Waals surface area contributed by atoms with E-state index in [0.29, 0.717) is 26.1 Å². The molecule has 6 nitrogen and oxygen atoms in total. The van der Waals surface area contributed by atoms with Crippen molar-refractivity contribution in [2.75, 3.05) is 49.6 Å². The Hall–Kier alpha value is -2.54. The Labute approximate surface area is 185 Å². The zero-order valence-corrected chi connectivity index (χ0v) is 18.7. The van der Waals surface area contributed by atoms with E-state index in [9.17, 15) is 9.59 Å². The molecule has 2 aliphatic heterocycles. The molecule has 2 aliphatic rings. The van der Waals surface area contributed by atoms with Crippen molar-refractivity contribution in [3.63, 3.8) is 0 Å². The molecule has 1 atom stereocenters. The summed E-state index contributed by atoms with van der Waals surface area (Å²) >= 11 is 3.51. The van der Waals surface area contributed by atoms with E-state index >= 15 is 0 Å². The van der Waals surface area contributed by atoms with Gasteiger partial charge in [0.25, 0.3) is 0 Å². The third-order valence-corrected chi connectivity index (χ3v) is 6.56. The first-order valence-electron chi connectivity index (χ1n) is 10.3. The van der Waals surface area contributed by atoms with E-state index in [2.05, 4.69) is 20.8 Å². The number of rotatable bonds is 4. The van der Waals surface area contributed by atoms with Crippen LogP contribution in [0.5, 0.6) is 5.75 Å². The van der Waals surface area contributed by atoms with E-state index in [0.717, 1.165) is 41.1 Å². The molecule has 0 N–H and O–H groups in total. The Morgan fingerprint density at radius 2 is 1.77 bits per heavy atom. The average molecular weight is 472 g/mol. The molecule has 1 unspecified atom stereocenters. The minimum atomic E-state index is -0.579. The number of methoxy groups -OCH3 is 1. The van der Waals surface area contributed by atoms with Gasteiger partial charge in [0.1, 0.15) is 11.7 Å². The number of anilines is 2. The van der Waals surface area contributed by atoms with Gasteiger partial charge in [-0.25, -0.2) is 0 Å². The van der Waals surface area contributed by atoms with Gasteiger partial charge in [-0.15, -0.1) is 0 Å². The quantitative estimate of drug-likeness (QED) is 0.639. The minimum absolute atomic E-state index is 0.0360. The summed E-state index contributed by atoms with van der Waals surface area (Å²) in [6.45, 7) is 3.53. The summed E-state index contributed by atoms with van der Waals surface area (Å²) < 4.78 is 6.11. The van der Waals surface area contributed by atoms with Crippen LogP contribution in [0, 0.1) is 5.92 Å². The highest BCUT2D eigenvalue weighted by Crippen LogP contribution is 2.32. The molecule has 158 valence electrons. The number of benzene rings is 2. The summed E-state index contributed by atoms with van der Waals surface area (Å²) in [5.74, 6) is 0.124. The highest BCUT2D eigenvalue weighted by Gasteiger charge is 2.40. The fraction of sp³-hybridized carbons (Fsp3) is 0.391. The molecule has 2 saturated heterocycles. The van der Waals surface area contributed by atoms with Crippen molar-refractivity contribution in [3.8, 4) is 5.75 Å². The standard InChI is InChI=1S/C23H26BrN3O3/c1-30-18-9-7-17(8-10-18)25-12-4-13-26(16-15-25)22(28)19-11-14-27(23(19)29)21-6-3-2-5-20(21)24/h2-3,5-10,19H,4,11-16H2,1H3. The zero-order chi connectivity index (χ0) is 21.1. The normalized spacial score (nSPS) is 19.7. The Bertz CT molecular complexity index is 918. The number of hydrogen-bond donors (Lipinski definition) is 0. The third-order valence-electron chi connectivity index (χ3n) is 5.89. The predicted octanol–water partition coefficient (Wildman–Crippen LogP) is 3.55. The monoisotopic (exact) mass is 471 g/mol. The maximum absolute atomic E-state index is 13.2. The number of halogens is 1. The van der Waals surface area contributed by atoms with Crippen molar-refractivity contribution in [1.82, 2.24) is 4.90 Å². The molecule has 2 aromatic rings. The van der Waals surface area contributed by atoms with Crippen LogP contribution < -0.4 is 14.5 Å². The van der Waals surface area contributed by atoms with Crippen molar-refractivity contribution < 1.29 is 14.3 Å². The largest absolute Gasteiger partial charge is 0.497 e. The van der Waals surface area contributed by atoms with Gasteiger partial charge in [-0.05, 0) is 65.2 Å². The second-order valence-corrected chi connectivity index (χ2v) is 8.50. The van der Waals surface area contributed by atoms with Crippen molar-refractivity contribution in [3.05, 3.63) is 53.0 Å². The van der Waals surface area contributed by atoms with Crippen LogP contribution in [-0.2, 0) is 9.59 Å². The average Bonchev–Trinajstić information content (AvgIpc) is 2.99. The second-order valence-electron chi connectivity index (χ2n) is 7.65. The first kappa shape index (κ1) is 20.7. The van der Waals surface area contributed by atoms with Gasteiger partial charge in [-0.1, -0.05) is 12.1 Å². The predicted molar refractivity (Wildman–Crippen MR) is 121 cm³/mol. The molecule has 0 saturated carbocycles. The lowest BCUT2D eigenvalue weighted by atomic mass is 10.1. The van der Waals surface area contributed by atoms with Gasteiger partial charge in [-0.3, -0.25) is 9.59 Å². The molecule has 0 aromatic heterocycles. The lowest BCUT2D eigenvalue weighted by Gasteiger charge is -2.25. The summed E-state index contributed by atoms with van der Waals surface area (Å²) in [5, 5.41) is 0. The number of hydrogen-bond acceptors (Lipinski definition) is 4. The van der Waals surface area contributed by atoms with Gasteiger partial charge >= 0.3 is 0 Å². The van der Waals surface area contributed by atoms with E-state index < -0.39 is 5.92 Å². The van der Waals surface area contributed by atoms with Gasteiger partial charge in [-0.2, -0.15) is 0 Å². The lowest BCUT2D eigenvalue weighted by molar-refractivity contribution is -0.139. The summed E-state index contributed by atoms with van der Waals surface area (Å²) in [5.41, 5.74) is 1.96. The minimum Gasteiger partial charge on any atom is -0.497 e. The molecule has 2 heterocycles. The van der Waals surface area contributed by atoms with Crippen LogP contribution in [0.4, 0.5) is 11.4 Å². The molecule has 0 aliphatic carbocycles. The number of carbonyl (C=O) groups excluding carboxylic acids is 2. The Balaban J connectivity index is 1.40. The number of para-hydroxylation sites is 1. The lowest BCUT2D eigenvalue weighted by Crippen LogP contribution is -2.42. The molecule has 2 amide bonds. The van der Waals surface area contributed by atoms with E-state index in [-0.39, 0.29) is 11.8 Å². The topological polar surface area (TPSA) is 53.1 Å². The first-order chi connectivity index (χ1) is 14.6. The molecule has 2 fully saturated rings. The van der Waals surface area contributed by atoms with Gasteiger partial charge < -0.3 is 19.4 Å². The molecule has 4 rings (SSSR count). The van der Waals surface area contributed by atoms with Crippen molar-refractivity contribution in [2.45, 2.75) is 12.8 Å². The maximum Gasteiger partial charge on any atom is 0.239 e. The fourth-order valence-corrected chi connectivity index (χ4v) is 4.73. The molecule has 0 radical (unpaired) electrons. The third kappa shape index (κ3) is 4.17. The molecular formula is C23H26BrN3O3. The SMILES string of the molecule is COc1ccc(N2CCCN(C(=O)C3CCN(c4ccccc4Br)C3=O)CC2)cc1. The van der Waals surface area contributed by atoms with Crippen LogP contribution in [0.15, 0.2) is 53.0 Å². The van der Waals surface area contributed by atoms with Crippen molar-refractivity contribution in [1.29, 1.82) is 0 Å². The Kier molecular flexibility index (Phi) is 6.27. The fourth-order valence-electron chi connectivity index (χ4n) is 4.23. The summed E-state index contributed by atoms with van der Waals surface area (Å²) in [6, 6.07) is 15.7. The van der Waals surface area contributed by atoms with Crippen LogP contribution in [-0.4, -0.2) is 56.5 Å². The Morgan fingerprint density at radius 1 is 1.00 bits per heavy atom. The molecular weight excluding hydrogens is 446 g/mol. The van der Waals surface area contributed by atoms with Crippen LogP contribution in [0.1, 0.15) is 12.8 Å². The first-order valence-corrected chi connectivity index (χ1v) is 11.1. The zero-order valence-electron chi connectivity index (χ0n) is 17.1. The van der Waals surface area contributed by atoms with Crippen LogP contribution in [0.2, 0.25) is 0 Å². The second kappa shape index (κ2) is 9.08. The van der Waals surface area contributed by atoms with Gasteiger partial charge in [0.15, 0.2) is 0 Å². The number of amides is 2. The maximum atomic E-state index is 13.2. The van der Waals surface area contributed by atoms with Gasteiger partial charge in [0.2, 0.25) is 11.8 Å². The van der Waals surface area contributed by atoms with Gasteiger partial charge in [0, 0.05) is 42.9 Å². The van der Waals surface area contributed by atoms with Gasteiger partial charge in [0.05, 0.1) is 12.8 Å². The van der Waals surface area contributed by atoms with E-state index in [1.807, 2.05) is 53.4 Å².